The van der Waals surface area contributed by atoms with Crippen molar-refractivity contribution >= 4 is 59.3 Å². The number of fused-ring (bicyclic) bond motifs is 7. The summed E-state index contributed by atoms with van der Waals surface area (Å²) in [4.78, 5) is 2.48. The lowest BCUT2D eigenvalue weighted by Gasteiger charge is -2.29. The molecule has 1 nitrogen and oxygen atoms in total. The van der Waals surface area contributed by atoms with Gasteiger partial charge in [-0.15, -0.1) is 11.3 Å². The zero-order valence-electron chi connectivity index (χ0n) is 29.5. The van der Waals surface area contributed by atoms with Gasteiger partial charge in [-0.1, -0.05) is 141 Å². The molecule has 1 aliphatic carbocycles. The lowest BCUT2D eigenvalue weighted by Crippen LogP contribution is -2.16. The van der Waals surface area contributed by atoms with Crippen LogP contribution in [0.4, 0.5) is 17.1 Å². The lowest BCUT2D eigenvalue weighted by atomic mass is 9.82. The summed E-state index contributed by atoms with van der Waals surface area (Å²) in [6, 6.07) is 62.8. The van der Waals surface area contributed by atoms with Gasteiger partial charge in [-0.25, -0.2) is 0 Å². The number of thiophene rings is 1. The van der Waals surface area contributed by atoms with Gasteiger partial charge in [0, 0.05) is 37.0 Å². The average molecular weight is 684 g/mol. The Morgan fingerprint density at radius 1 is 0.481 bits per heavy atom. The first-order chi connectivity index (χ1) is 25.5. The van der Waals surface area contributed by atoms with Crippen molar-refractivity contribution in [3.05, 3.63) is 187 Å². The summed E-state index contributed by atoms with van der Waals surface area (Å²) >= 11 is 1.87. The Kier molecular flexibility index (Phi) is 7.00. The summed E-state index contributed by atoms with van der Waals surface area (Å²) in [5.74, 6) is 0. The predicted molar refractivity (Wildman–Crippen MR) is 225 cm³/mol. The van der Waals surface area contributed by atoms with Crippen molar-refractivity contribution in [1.29, 1.82) is 0 Å². The first-order valence-electron chi connectivity index (χ1n) is 18.1. The molecule has 0 saturated carbocycles. The first kappa shape index (κ1) is 30.8. The van der Waals surface area contributed by atoms with E-state index in [1.807, 2.05) is 11.3 Å². The fourth-order valence-corrected chi connectivity index (χ4v) is 9.81. The summed E-state index contributed by atoms with van der Waals surface area (Å²) in [6.45, 7) is 6.99. The second kappa shape index (κ2) is 11.8. The molecule has 0 unspecified atom stereocenters. The summed E-state index contributed by atoms with van der Waals surface area (Å²) in [5.41, 5.74) is 15.2. The van der Waals surface area contributed by atoms with E-state index >= 15 is 0 Å². The van der Waals surface area contributed by atoms with Gasteiger partial charge in [0.05, 0.1) is 5.69 Å². The standard InChI is InChI=1S/C50H37NS/c1-32-13-11-19-42-47(32)40-30-28-37(31-43(40)50(42,2)3)51(44-20-12-22-46-49(44)41-18-9-10-21-45(41)52-46)36-26-23-34(24-27-36)39-29-25-33-14-7-8-17-38(33)48(39)35-15-5-4-6-16-35/h4-31H,1-3H3. The first-order valence-corrected chi connectivity index (χ1v) is 18.9. The number of rotatable bonds is 5. The van der Waals surface area contributed by atoms with E-state index in [1.54, 1.807) is 0 Å². The molecular weight excluding hydrogens is 647 g/mol. The van der Waals surface area contributed by atoms with Crippen molar-refractivity contribution in [3.63, 3.8) is 0 Å². The molecule has 2 heteroatoms. The zero-order valence-corrected chi connectivity index (χ0v) is 30.3. The zero-order chi connectivity index (χ0) is 35.0. The van der Waals surface area contributed by atoms with Gasteiger partial charge in [-0.2, -0.15) is 0 Å². The van der Waals surface area contributed by atoms with Crippen LogP contribution in [-0.2, 0) is 5.41 Å². The third kappa shape index (κ3) is 4.68. The Balaban J connectivity index is 1.18. The third-order valence-corrected chi connectivity index (χ3v) is 12.3. The fraction of sp³-hybridized carbons (Fsp3) is 0.0800. The minimum Gasteiger partial charge on any atom is -0.310 e. The molecule has 0 aliphatic heterocycles. The molecule has 0 radical (unpaired) electrons. The van der Waals surface area contributed by atoms with Gasteiger partial charge in [0.15, 0.2) is 0 Å². The quantitative estimate of drug-likeness (QED) is 0.175. The van der Waals surface area contributed by atoms with Gasteiger partial charge in [0.2, 0.25) is 0 Å². The number of benzene rings is 8. The highest BCUT2D eigenvalue weighted by atomic mass is 32.1. The van der Waals surface area contributed by atoms with Crippen LogP contribution in [-0.4, -0.2) is 0 Å². The Bertz CT molecular complexity index is 2820. The van der Waals surface area contributed by atoms with Gasteiger partial charge in [0.1, 0.15) is 0 Å². The van der Waals surface area contributed by atoms with Crippen LogP contribution < -0.4 is 4.90 Å². The van der Waals surface area contributed by atoms with Gasteiger partial charge in [0.25, 0.3) is 0 Å². The monoisotopic (exact) mass is 683 g/mol. The molecule has 9 aromatic rings. The van der Waals surface area contributed by atoms with E-state index in [0.717, 1.165) is 5.69 Å². The van der Waals surface area contributed by atoms with E-state index in [2.05, 4.69) is 196 Å². The second-order valence-electron chi connectivity index (χ2n) is 14.6. The molecule has 1 heterocycles. The molecular formula is C50H37NS. The van der Waals surface area contributed by atoms with Gasteiger partial charge < -0.3 is 4.90 Å². The van der Waals surface area contributed by atoms with E-state index in [0.29, 0.717) is 0 Å². The van der Waals surface area contributed by atoms with Crippen LogP contribution in [0.3, 0.4) is 0 Å². The van der Waals surface area contributed by atoms with Crippen LogP contribution in [0.2, 0.25) is 0 Å². The Labute approximate surface area is 309 Å². The highest BCUT2D eigenvalue weighted by Crippen LogP contribution is 2.53. The largest absolute Gasteiger partial charge is 0.310 e. The highest BCUT2D eigenvalue weighted by Gasteiger charge is 2.37. The van der Waals surface area contributed by atoms with Gasteiger partial charge >= 0.3 is 0 Å². The van der Waals surface area contributed by atoms with Crippen molar-refractivity contribution in [3.8, 4) is 33.4 Å². The van der Waals surface area contributed by atoms with Crippen LogP contribution in [0, 0.1) is 6.92 Å². The number of anilines is 3. The van der Waals surface area contributed by atoms with E-state index < -0.39 is 0 Å². The maximum Gasteiger partial charge on any atom is 0.0554 e. The molecule has 0 saturated heterocycles. The number of hydrogen-bond donors (Lipinski definition) is 0. The fourth-order valence-electron chi connectivity index (χ4n) is 8.69. The normalized spacial score (nSPS) is 13.1. The van der Waals surface area contributed by atoms with Crippen LogP contribution in [0.25, 0.3) is 64.3 Å². The third-order valence-electron chi connectivity index (χ3n) is 11.2. The SMILES string of the molecule is Cc1cccc2c1-c1ccc(N(c3ccc(-c4ccc5ccccc5c4-c4ccccc4)cc3)c3cccc4sc5ccccc5c34)cc1C2(C)C. The average Bonchev–Trinajstić information content (AvgIpc) is 3.68. The maximum absolute atomic E-state index is 2.48. The minimum absolute atomic E-state index is 0.104. The molecule has 0 N–H and O–H groups in total. The second-order valence-corrected chi connectivity index (χ2v) is 15.6. The molecule has 0 fully saturated rings. The van der Waals surface area contributed by atoms with Crippen molar-refractivity contribution < 1.29 is 0 Å². The molecule has 52 heavy (non-hydrogen) atoms. The maximum atomic E-state index is 2.48. The van der Waals surface area contributed by atoms with E-state index in [9.17, 15) is 0 Å². The van der Waals surface area contributed by atoms with Crippen LogP contribution in [0.1, 0.15) is 30.5 Å². The van der Waals surface area contributed by atoms with Crippen LogP contribution in [0.5, 0.6) is 0 Å². The number of nitrogens with zero attached hydrogens (tertiary/aromatic N) is 1. The molecule has 0 spiro atoms. The summed E-state index contributed by atoms with van der Waals surface area (Å²) in [5, 5.41) is 5.12. The topological polar surface area (TPSA) is 3.24 Å². The molecule has 1 aliphatic rings. The molecule has 0 amide bonds. The van der Waals surface area contributed by atoms with Crippen molar-refractivity contribution in [1.82, 2.24) is 0 Å². The summed E-state index contributed by atoms with van der Waals surface area (Å²) in [6.07, 6.45) is 0. The Hall–Kier alpha value is -5.96. The number of aryl methyl sites for hydroxylation is 1. The van der Waals surface area contributed by atoms with Crippen LogP contribution in [0.15, 0.2) is 170 Å². The Morgan fingerprint density at radius 3 is 2.02 bits per heavy atom. The highest BCUT2D eigenvalue weighted by molar-refractivity contribution is 7.26. The summed E-state index contributed by atoms with van der Waals surface area (Å²) in [7, 11) is 0. The molecule has 248 valence electrons. The Morgan fingerprint density at radius 2 is 1.17 bits per heavy atom. The molecule has 1 aromatic heterocycles. The van der Waals surface area contributed by atoms with Crippen LogP contribution >= 0.6 is 11.3 Å². The summed E-state index contributed by atoms with van der Waals surface area (Å²) < 4.78 is 2.61. The molecule has 0 bridgehead atoms. The predicted octanol–water partition coefficient (Wildman–Crippen LogP) is 14.6. The van der Waals surface area contributed by atoms with Gasteiger partial charge in [-0.05, 0) is 110 Å². The van der Waals surface area contributed by atoms with Crippen molar-refractivity contribution in [2.75, 3.05) is 4.90 Å². The van der Waals surface area contributed by atoms with E-state index in [-0.39, 0.29) is 5.41 Å². The number of hydrogen-bond acceptors (Lipinski definition) is 2. The molecule has 8 aromatic carbocycles. The lowest BCUT2D eigenvalue weighted by molar-refractivity contribution is 0.660. The molecule has 0 atom stereocenters. The molecule has 10 rings (SSSR count). The van der Waals surface area contributed by atoms with E-state index in [1.165, 1.54) is 92.4 Å². The van der Waals surface area contributed by atoms with Crippen molar-refractivity contribution in [2.24, 2.45) is 0 Å². The van der Waals surface area contributed by atoms with Crippen molar-refractivity contribution in [2.45, 2.75) is 26.2 Å². The smallest absolute Gasteiger partial charge is 0.0554 e. The van der Waals surface area contributed by atoms with E-state index in [4.69, 9.17) is 0 Å². The minimum atomic E-state index is -0.104. The van der Waals surface area contributed by atoms with Gasteiger partial charge in [-0.3, -0.25) is 0 Å².